The number of hydrogen-bond donors (Lipinski definition) is 2. The number of halogens is 2. The fourth-order valence-corrected chi connectivity index (χ4v) is 4.15. The van der Waals surface area contributed by atoms with Gasteiger partial charge in [0.2, 0.25) is 0 Å². The average molecular weight is 429 g/mol. The topological polar surface area (TPSA) is 48.9 Å². The van der Waals surface area contributed by atoms with Gasteiger partial charge in [-0.05, 0) is 56.6 Å². The van der Waals surface area contributed by atoms with Crippen molar-refractivity contribution in [2.75, 3.05) is 19.7 Å². The predicted octanol–water partition coefficient (Wildman–Crippen LogP) is 3.98. The van der Waals surface area contributed by atoms with Crippen molar-refractivity contribution < 1.29 is 4.74 Å². The molecule has 1 aromatic carbocycles. The summed E-state index contributed by atoms with van der Waals surface area (Å²) in [6, 6.07) is 5.88. The first-order valence-corrected chi connectivity index (χ1v) is 10.7. The van der Waals surface area contributed by atoms with Crippen LogP contribution in [0.25, 0.3) is 0 Å². The van der Waals surface area contributed by atoms with Gasteiger partial charge in [0.15, 0.2) is 5.11 Å². The summed E-state index contributed by atoms with van der Waals surface area (Å²) in [6.45, 7) is 3.29. The molecule has 27 heavy (non-hydrogen) atoms. The first kappa shape index (κ1) is 20.8. The Morgan fingerprint density at radius 1 is 1.26 bits per heavy atom. The van der Waals surface area contributed by atoms with Crippen LogP contribution in [0.5, 0.6) is 0 Å². The minimum absolute atomic E-state index is 0.236. The van der Waals surface area contributed by atoms with E-state index in [9.17, 15) is 0 Å². The zero-order valence-electron chi connectivity index (χ0n) is 15.3. The summed E-state index contributed by atoms with van der Waals surface area (Å²) in [5.41, 5.74) is 3.89. The number of nitrogens with one attached hydrogen (secondary N) is 2. The maximum absolute atomic E-state index is 6.34. The summed E-state index contributed by atoms with van der Waals surface area (Å²) in [5, 5.41) is 9.46. The lowest BCUT2D eigenvalue weighted by atomic mass is 10.0. The van der Waals surface area contributed by atoms with Gasteiger partial charge in [-0.2, -0.15) is 5.10 Å². The molecule has 2 aliphatic rings. The molecule has 1 aromatic rings. The van der Waals surface area contributed by atoms with Crippen LogP contribution in [0.3, 0.4) is 0 Å². The molecule has 2 heterocycles. The number of hydrazone groups is 1. The monoisotopic (exact) mass is 428 g/mol. The Bertz CT molecular complexity index is 647. The van der Waals surface area contributed by atoms with Crippen molar-refractivity contribution in [3.63, 3.8) is 0 Å². The van der Waals surface area contributed by atoms with Crippen molar-refractivity contribution >= 4 is 46.7 Å². The fraction of sp³-hybridized carbons (Fsp3) is 0.579. The molecule has 2 fully saturated rings. The van der Waals surface area contributed by atoms with E-state index < -0.39 is 0 Å². The fourth-order valence-electron chi connectivity index (χ4n) is 3.50. The minimum Gasteiger partial charge on any atom is -0.376 e. The molecule has 0 radical (unpaired) electrons. The third-order valence-corrected chi connectivity index (χ3v) is 5.96. The SMILES string of the molecule is S=C(NCC1CCCO1)N/N=C/C1CCCCN1Cc1c(Cl)cccc1Cl. The molecule has 0 spiro atoms. The molecule has 0 aromatic heterocycles. The second kappa shape index (κ2) is 10.6. The lowest BCUT2D eigenvalue weighted by molar-refractivity contribution is 0.114. The van der Waals surface area contributed by atoms with Crippen molar-refractivity contribution in [1.82, 2.24) is 15.6 Å². The highest BCUT2D eigenvalue weighted by Gasteiger charge is 2.22. The second-order valence-corrected chi connectivity index (χ2v) is 8.19. The number of rotatable bonds is 6. The first-order chi connectivity index (χ1) is 13.1. The number of nitrogens with zero attached hydrogens (tertiary/aromatic N) is 2. The number of hydrogen-bond acceptors (Lipinski definition) is 4. The number of thiocarbonyl (C=S) groups is 1. The van der Waals surface area contributed by atoms with Crippen molar-refractivity contribution in [3.05, 3.63) is 33.8 Å². The third kappa shape index (κ3) is 6.29. The van der Waals surface area contributed by atoms with E-state index in [0.29, 0.717) is 15.2 Å². The van der Waals surface area contributed by atoms with E-state index in [1.165, 1.54) is 12.8 Å². The van der Waals surface area contributed by atoms with Gasteiger partial charge in [-0.3, -0.25) is 10.3 Å². The molecule has 2 unspecified atom stereocenters. The standard InChI is InChI=1S/C19H26Cl2N4OS/c20-17-7-3-8-18(21)16(17)13-25-9-2-1-5-14(25)11-23-24-19(27)22-12-15-6-4-10-26-15/h3,7-8,11,14-15H,1-2,4-6,9-10,12-13H2,(H2,22,24,27)/b23-11+. The summed E-state index contributed by atoms with van der Waals surface area (Å²) in [4.78, 5) is 2.37. The first-order valence-electron chi connectivity index (χ1n) is 9.49. The van der Waals surface area contributed by atoms with Crippen LogP contribution in [-0.2, 0) is 11.3 Å². The Kier molecular flexibility index (Phi) is 8.15. The summed E-state index contributed by atoms with van der Waals surface area (Å²) in [6.07, 6.45) is 7.81. The van der Waals surface area contributed by atoms with E-state index >= 15 is 0 Å². The quantitative estimate of drug-likeness (QED) is 0.407. The number of benzene rings is 1. The third-order valence-electron chi connectivity index (χ3n) is 5.01. The van der Waals surface area contributed by atoms with Gasteiger partial charge in [-0.25, -0.2) is 0 Å². The Balaban J connectivity index is 1.50. The van der Waals surface area contributed by atoms with Gasteiger partial charge in [0.1, 0.15) is 0 Å². The molecule has 2 saturated heterocycles. The zero-order valence-corrected chi connectivity index (χ0v) is 17.6. The largest absolute Gasteiger partial charge is 0.376 e. The molecule has 8 heteroatoms. The molecule has 2 aliphatic heterocycles. The highest BCUT2D eigenvalue weighted by molar-refractivity contribution is 7.80. The molecule has 0 bridgehead atoms. The minimum atomic E-state index is 0.236. The lowest BCUT2D eigenvalue weighted by Gasteiger charge is -2.33. The van der Waals surface area contributed by atoms with Gasteiger partial charge in [-0.1, -0.05) is 35.7 Å². The van der Waals surface area contributed by atoms with Crippen LogP contribution >= 0.6 is 35.4 Å². The smallest absolute Gasteiger partial charge is 0.187 e. The molecule has 3 rings (SSSR count). The van der Waals surface area contributed by atoms with E-state index in [4.69, 9.17) is 40.2 Å². The van der Waals surface area contributed by atoms with Crippen LogP contribution in [0.1, 0.15) is 37.7 Å². The van der Waals surface area contributed by atoms with Gasteiger partial charge in [-0.15, -0.1) is 0 Å². The Morgan fingerprint density at radius 2 is 2.07 bits per heavy atom. The van der Waals surface area contributed by atoms with Crippen LogP contribution in [0.2, 0.25) is 10.0 Å². The molecule has 0 amide bonds. The van der Waals surface area contributed by atoms with Crippen molar-refractivity contribution in [2.45, 2.75) is 50.8 Å². The maximum atomic E-state index is 6.34. The molecule has 2 N–H and O–H groups in total. The zero-order chi connectivity index (χ0) is 19.1. The molecule has 0 saturated carbocycles. The Hall–Kier alpha value is -0.920. The van der Waals surface area contributed by atoms with Gasteiger partial charge in [0.05, 0.1) is 6.10 Å². The number of piperidine rings is 1. The van der Waals surface area contributed by atoms with E-state index in [1.807, 2.05) is 24.4 Å². The van der Waals surface area contributed by atoms with Gasteiger partial charge in [0, 0.05) is 47.6 Å². The van der Waals surface area contributed by atoms with E-state index in [2.05, 4.69) is 20.7 Å². The average Bonchev–Trinajstić information content (AvgIpc) is 3.18. The number of likely N-dealkylation sites (tertiary alicyclic amines) is 1. The van der Waals surface area contributed by atoms with Gasteiger partial charge >= 0.3 is 0 Å². The van der Waals surface area contributed by atoms with Crippen molar-refractivity contribution in [1.29, 1.82) is 0 Å². The molecule has 5 nitrogen and oxygen atoms in total. The molecule has 2 atom stereocenters. The summed E-state index contributed by atoms with van der Waals surface area (Å²) < 4.78 is 5.58. The summed E-state index contributed by atoms with van der Waals surface area (Å²) in [7, 11) is 0. The van der Waals surface area contributed by atoms with Crippen LogP contribution < -0.4 is 10.7 Å². The van der Waals surface area contributed by atoms with Crippen molar-refractivity contribution in [2.24, 2.45) is 5.10 Å². The molecular formula is C19H26Cl2N4OS. The molecule has 148 valence electrons. The Morgan fingerprint density at radius 3 is 2.81 bits per heavy atom. The van der Waals surface area contributed by atoms with E-state index in [-0.39, 0.29) is 12.1 Å². The highest BCUT2D eigenvalue weighted by Crippen LogP contribution is 2.28. The lowest BCUT2D eigenvalue weighted by Crippen LogP contribution is -2.41. The van der Waals surface area contributed by atoms with Crippen LogP contribution in [-0.4, -0.2) is 48.1 Å². The predicted molar refractivity (Wildman–Crippen MR) is 116 cm³/mol. The van der Waals surface area contributed by atoms with Gasteiger partial charge < -0.3 is 10.1 Å². The van der Waals surface area contributed by atoms with E-state index in [1.54, 1.807) is 0 Å². The summed E-state index contributed by atoms with van der Waals surface area (Å²) in [5.74, 6) is 0. The normalized spacial score (nSPS) is 23.6. The summed E-state index contributed by atoms with van der Waals surface area (Å²) >= 11 is 18.0. The van der Waals surface area contributed by atoms with Crippen LogP contribution in [0.4, 0.5) is 0 Å². The van der Waals surface area contributed by atoms with Gasteiger partial charge in [0.25, 0.3) is 0 Å². The molecular weight excluding hydrogens is 403 g/mol. The Labute approximate surface area is 176 Å². The van der Waals surface area contributed by atoms with E-state index in [0.717, 1.165) is 51.1 Å². The number of ether oxygens (including phenoxy) is 1. The van der Waals surface area contributed by atoms with Crippen molar-refractivity contribution in [3.8, 4) is 0 Å². The van der Waals surface area contributed by atoms with Crippen LogP contribution in [0, 0.1) is 0 Å². The molecule has 0 aliphatic carbocycles. The highest BCUT2D eigenvalue weighted by atomic mass is 35.5. The second-order valence-electron chi connectivity index (χ2n) is 6.97. The van der Waals surface area contributed by atoms with Crippen LogP contribution in [0.15, 0.2) is 23.3 Å². The maximum Gasteiger partial charge on any atom is 0.187 e.